The molecule has 3 N–H and O–H groups in total. The predicted molar refractivity (Wildman–Crippen MR) is 42.8 cm³/mol. The third kappa shape index (κ3) is 5.90. The molecule has 0 heterocycles. The summed E-state index contributed by atoms with van der Waals surface area (Å²) in [6.07, 6.45) is 1.13. The van der Waals surface area contributed by atoms with Gasteiger partial charge in [-0.3, -0.25) is 0 Å². The number of aliphatic hydroxyl groups is 1. The molecule has 0 aromatic carbocycles. The van der Waals surface area contributed by atoms with Crippen LogP contribution in [-0.4, -0.2) is 23.6 Å². The van der Waals surface area contributed by atoms with Crippen molar-refractivity contribution in [3.63, 3.8) is 0 Å². The highest BCUT2D eigenvalue weighted by atomic mass is 35.5. The fraction of sp³-hybridized carbons (Fsp3) is 0.714. The third-order valence-electron chi connectivity index (χ3n) is 0.941. The second-order valence-corrected chi connectivity index (χ2v) is 2.48. The van der Waals surface area contributed by atoms with Crippen LogP contribution in [-0.2, 0) is 0 Å². The molecule has 1 unspecified atom stereocenters. The van der Waals surface area contributed by atoms with Crippen LogP contribution in [0, 0.1) is 11.8 Å². The Morgan fingerprint density at radius 1 is 1.50 bits per heavy atom. The van der Waals surface area contributed by atoms with Crippen LogP contribution in [0.25, 0.3) is 0 Å². The maximum absolute atomic E-state index is 8.33. The summed E-state index contributed by atoms with van der Waals surface area (Å²) in [6.45, 7) is 0.567. The maximum Gasteiger partial charge on any atom is 0.0567 e. The molecule has 1 atom stereocenters. The van der Waals surface area contributed by atoms with Gasteiger partial charge in [0.25, 0.3) is 0 Å². The number of hydrogen-bond donors (Lipinski definition) is 2. The van der Waals surface area contributed by atoms with Gasteiger partial charge in [-0.1, -0.05) is 0 Å². The quantitative estimate of drug-likeness (QED) is 0.463. The SMILES string of the molecule is NCC(Cl)CC#CCCO. The van der Waals surface area contributed by atoms with Crippen molar-refractivity contribution in [1.29, 1.82) is 0 Å². The van der Waals surface area contributed by atoms with Crippen LogP contribution in [0.1, 0.15) is 12.8 Å². The first-order chi connectivity index (χ1) is 4.81. The Kier molecular flexibility index (Phi) is 6.73. The van der Waals surface area contributed by atoms with Gasteiger partial charge in [-0.25, -0.2) is 0 Å². The Morgan fingerprint density at radius 3 is 2.70 bits per heavy atom. The predicted octanol–water partition coefficient (Wildman–Crippen LogP) is 0.328. The molecule has 58 valence electrons. The molecule has 0 bridgehead atoms. The van der Waals surface area contributed by atoms with Gasteiger partial charge in [-0.15, -0.1) is 23.4 Å². The molecule has 3 heteroatoms. The molecule has 0 rings (SSSR count). The lowest BCUT2D eigenvalue weighted by Gasteiger charge is -1.96. The molecule has 0 saturated carbocycles. The molecule has 0 aliphatic rings. The van der Waals surface area contributed by atoms with Gasteiger partial charge in [-0.2, -0.15) is 0 Å². The largest absolute Gasteiger partial charge is 0.395 e. The number of nitrogens with two attached hydrogens (primary N) is 1. The maximum atomic E-state index is 8.33. The summed E-state index contributed by atoms with van der Waals surface area (Å²) in [6, 6.07) is 0. The van der Waals surface area contributed by atoms with Crippen LogP contribution < -0.4 is 5.73 Å². The number of aliphatic hydroxyl groups excluding tert-OH is 1. The summed E-state index contributed by atoms with van der Waals surface area (Å²) >= 11 is 5.65. The van der Waals surface area contributed by atoms with E-state index in [1.807, 2.05) is 0 Å². The average molecular weight is 162 g/mol. The molecule has 0 aromatic rings. The van der Waals surface area contributed by atoms with E-state index in [0.717, 1.165) is 0 Å². The second kappa shape index (κ2) is 6.88. The van der Waals surface area contributed by atoms with Gasteiger partial charge in [0.05, 0.1) is 12.0 Å². The molecule has 0 aliphatic carbocycles. The van der Waals surface area contributed by atoms with Crippen molar-refractivity contribution in [2.24, 2.45) is 5.73 Å². The monoisotopic (exact) mass is 161 g/mol. The summed E-state index contributed by atoms with van der Waals surface area (Å²) in [5, 5.41) is 8.28. The average Bonchev–Trinajstić information content (AvgIpc) is 1.98. The number of alkyl halides is 1. The van der Waals surface area contributed by atoms with Gasteiger partial charge in [0.2, 0.25) is 0 Å². The summed E-state index contributed by atoms with van der Waals surface area (Å²) in [4.78, 5) is 0. The molecule has 0 fully saturated rings. The Morgan fingerprint density at radius 2 is 2.20 bits per heavy atom. The molecule has 0 spiro atoms. The molecule has 2 nitrogen and oxygen atoms in total. The molecule has 0 aromatic heterocycles. The fourth-order valence-corrected chi connectivity index (χ4v) is 0.488. The zero-order chi connectivity index (χ0) is 7.82. The Hall–Kier alpha value is -0.230. The second-order valence-electron chi connectivity index (χ2n) is 1.86. The zero-order valence-corrected chi connectivity index (χ0v) is 6.56. The van der Waals surface area contributed by atoms with E-state index < -0.39 is 0 Å². The van der Waals surface area contributed by atoms with E-state index in [1.54, 1.807) is 0 Å². The lowest BCUT2D eigenvalue weighted by Crippen LogP contribution is -2.12. The minimum absolute atomic E-state index is 0.0498. The smallest absolute Gasteiger partial charge is 0.0567 e. The van der Waals surface area contributed by atoms with Crippen LogP contribution in [0.15, 0.2) is 0 Å². The van der Waals surface area contributed by atoms with Crippen molar-refractivity contribution < 1.29 is 5.11 Å². The molecule has 0 aliphatic heterocycles. The Labute approximate surface area is 66.4 Å². The zero-order valence-electron chi connectivity index (χ0n) is 5.81. The van der Waals surface area contributed by atoms with E-state index in [-0.39, 0.29) is 12.0 Å². The van der Waals surface area contributed by atoms with Gasteiger partial charge in [0, 0.05) is 19.4 Å². The van der Waals surface area contributed by atoms with Crippen LogP contribution in [0.5, 0.6) is 0 Å². The third-order valence-corrected chi connectivity index (χ3v) is 1.27. The summed E-state index contributed by atoms with van der Waals surface area (Å²) in [5.41, 5.74) is 5.24. The molecular formula is C7H12ClNO. The van der Waals surface area contributed by atoms with Crippen LogP contribution >= 0.6 is 11.6 Å². The number of halogens is 1. The minimum Gasteiger partial charge on any atom is -0.395 e. The first-order valence-electron chi connectivity index (χ1n) is 3.22. The standard InChI is InChI=1S/C7H12ClNO/c8-7(6-9)4-2-1-3-5-10/h7,10H,3-6,9H2. The molecule has 0 amide bonds. The lowest BCUT2D eigenvalue weighted by atomic mass is 10.3. The first-order valence-corrected chi connectivity index (χ1v) is 3.65. The summed E-state index contributed by atoms with van der Waals surface area (Å²) in [5.74, 6) is 5.58. The lowest BCUT2D eigenvalue weighted by molar-refractivity contribution is 0.305. The minimum atomic E-state index is -0.0498. The summed E-state index contributed by atoms with van der Waals surface area (Å²) in [7, 11) is 0. The summed E-state index contributed by atoms with van der Waals surface area (Å²) < 4.78 is 0. The normalized spacial score (nSPS) is 11.9. The molecular weight excluding hydrogens is 150 g/mol. The van der Waals surface area contributed by atoms with Crippen molar-refractivity contribution in [2.75, 3.05) is 13.2 Å². The topological polar surface area (TPSA) is 46.2 Å². The first kappa shape index (κ1) is 9.77. The van der Waals surface area contributed by atoms with Gasteiger partial charge in [0.15, 0.2) is 0 Å². The van der Waals surface area contributed by atoms with Crippen molar-refractivity contribution >= 4 is 11.6 Å². The highest BCUT2D eigenvalue weighted by Crippen LogP contribution is 1.96. The van der Waals surface area contributed by atoms with E-state index >= 15 is 0 Å². The van der Waals surface area contributed by atoms with Crippen molar-refractivity contribution in [2.45, 2.75) is 18.2 Å². The van der Waals surface area contributed by atoms with Gasteiger partial charge in [0.1, 0.15) is 0 Å². The fourth-order valence-electron chi connectivity index (χ4n) is 0.411. The van der Waals surface area contributed by atoms with E-state index in [1.165, 1.54) is 0 Å². The van der Waals surface area contributed by atoms with Crippen molar-refractivity contribution in [1.82, 2.24) is 0 Å². The Balaban J connectivity index is 3.26. The number of rotatable bonds is 3. The van der Waals surface area contributed by atoms with Gasteiger partial charge >= 0.3 is 0 Å². The van der Waals surface area contributed by atoms with E-state index in [4.69, 9.17) is 22.4 Å². The van der Waals surface area contributed by atoms with Crippen LogP contribution in [0.4, 0.5) is 0 Å². The number of hydrogen-bond acceptors (Lipinski definition) is 2. The molecule has 0 saturated heterocycles. The van der Waals surface area contributed by atoms with Crippen molar-refractivity contribution in [3.8, 4) is 11.8 Å². The Bertz CT molecular complexity index is 127. The van der Waals surface area contributed by atoms with Crippen molar-refractivity contribution in [3.05, 3.63) is 0 Å². The van der Waals surface area contributed by atoms with E-state index in [9.17, 15) is 0 Å². The van der Waals surface area contributed by atoms with Crippen LogP contribution in [0.2, 0.25) is 0 Å². The highest BCUT2D eigenvalue weighted by Gasteiger charge is 1.95. The molecule has 10 heavy (non-hydrogen) atoms. The van der Waals surface area contributed by atoms with E-state index in [0.29, 0.717) is 19.4 Å². The van der Waals surface area contributed by atoms with E-state index in [2.05, 4.69) is 11.8 Å². The van der Waals surface area contributed by atoms with Crippen LogP contribution in [0.3, 0.4) is 0 Å². The van der Waals surface area contributed by atoms with Gasteiger partial charge in [-0.05, 0) is 0 Å². The highest BCUT2D eigenvalue weighted by molar-refractivity contribution is 6.20. The van der Waals surface area contributed by atoms with Gasteiger partial charge < -0.3 is 10.8 Å². The molecule has 0 radical (unpaired) electrons.